The van der Waals surface area contributed by atoms with Crippen LogP contribution in [0.3, 0.4) is 0 Å². The first kappa shape index (κ1) is 14.3. The molecule has 0 aliphatic carbocycles. The summed E-state index contributed by atoms with van der Waals surface area (Å²) in [4.78, 5) is 0. The Hall–Kier alpha value is -2.62. The minimum atomic E-state index is 0.203. The van der Waals surface area contributed by atoms with Gasteiger partial charge in [0.25, 0.3) is 0 Å². The highest BCUT2D eigenvalue weighted by molar-refractivity contribution is 5.84. The minimum Gasteiger partial charge on any atom is -0.508 e. The van der Waals surface area contributed by atoms with Gasteiger partial charge in [-0.25, -0.2) is 0 Å². The van der Waals surface area contributed by atoms with Crippen LogP contribution in [0.15, 0.2) is 48.5 Å². The normalized spacial score (nSPS) is 11.2. The highest BCUT2D eigenvalue weighted by Crippen LogP contribution is 2.27. The van der Waals surface area contributed by atoms with Crippen LogP contribution in [-0.2, 0) is 6.61 Å². The van der Waals surface area contributed by atoms with Gasteiger partial charge >= 0.3 is 0 Å². The third-order valence-corrected chi connectivity index (χ3v) is 3.67. The van der Waals surface area contributed by atoms with Crippen LogP contribution >= 0.6 is 0 Å². The van der Waals surface area contributed by atoms with Gasteiger partial charge in [0.2, 0.25) is 0 Å². The van der Waals surface area contributed by atoms with Crippen molar-refractivity contribution in [3.63, 3.8) is 0 Å². The number of rotatable bonds is 4. The number of phenolic OH excluding ortho intramolecular Hbond substituents is 1. The highest BCUT2D eigenvalue weighted by Gasteiger charge is 2.12. The predicted molar refractivity (Wildman–Crippen MR) is 89.2 cm³/mol. The Labute approximate surface area is 129 Å². The number of fused-ring (bicyclic) bond motifs is 1. The summed E-state index contributed by atoms with van der Waals surface area (Å²) in [6, 6.07) is 15.2. The molecule has 0 aliphatic rings. The monoisotopic (exact) mass is 296 g/mol. The van der Waals surface area contributed by atoms with E-state index >= 15 is 0 Å². The molecule has 1 heterocycles. The van der Waals surface area contributed by atoms with Crippen molar-refractivity contribution < 1.29 is 9.84 Å². The molecule has 0 spiro atoms. The summed E-state index contributed by atoms with van der Waals surface area (Å²) in [5.41, 5.74) is 8.87. The SMILES string of the molecule is CC(C)n1c(COc2cccc(O)c2)cc2ccc(N)cc21. The van der Waals surface area contributed by atoms with Crippen LogP contribution in [0.25, 0.3) is 10.9 Å². The average molecular weight is 296 g/mol. The summed E-state index contributed by atoms with van der Waals surface area (Å²) in [6.07, 6.45) is 0. The molecule has 0 fully saturated rings. The van der Waals surface area contributed by atoms with Gasteiger partial charge in [-0.1, -0.05) is 12.1 Å². The Morgan fingerprint density at radius 3 is 2.68 bits per heavy atom. The van der Waals surface area contributed by atoms with E-state index in [2.05, 4.69) is 24.5 Å². The summed E-state index contributed by atoms with van der Waals surface area (Å²) in [5.74, 6) is 0.856. The van der Waals surface area contributed by atoms with Gasteiger partial charge < -0.3 is 20.1 Å². The first-order valence-electron chi connectivity index (χ1n) is 7.36. The molecular weight excluding hydrogens is 276 g/mol. The van der Waals surface area contributed by atoms with Crippen molar-refractivity contribution in [1.82, 2.24) is 4.57 Å². The van der Waals surface area contributed by atoms with E-state index in [4.69, 9.17) is 10.5 Å². The first-order valence-corrected chi connectivity index (χ1v) is 7.36. The van der Waals surface area contributed by atoms with Crippen molar-refractivity contribution in [3.8, 4) is 11.5 Å². The van der Waals surface area contributed by atoms with Gasteiger partial charge in [0.05, 0.1) is 11.2 Å². The molecule has 22 heavy (non-hydrogen) atoms. The summed E-state index contributed by atoms with van der Waals surface area (Å²) in [5, 5.41) is 10.6. The molecule has 0 bridgehead atoms. The maximum Gasteiger partial charge on any atom is 0.128 e. The van der Waals surface area contributed by atoms with E-state index in [1.165, 1.54) is 0 Å². The van der Waals surface area contributed by atoms with Crippen molar-refractivity contribution in [2.75, 3.05) is 5.73 Å². The van der Waals surface area contributed by atoms with Crippen molar-refractivity contribution in [2.24, 2.45) is 0 Å². The van der Waals surface area contributed by atoms with Crippen LogP contribution in [0, 0.1) is 0 Å². The van der Waals surface area contributed by atoms with Gasteiger partial charge in [-0.3, -0.25) is 0 Å². The Morgan fingerprint density at radius 2 is 1.95 bits per heavy atom. The molecule has 2 aromatic carbocycles. The number of aromatic hydroxyl groups is 1. The zero-order chi connectivity index (χ0) is 15.7. The van der Waals surface area contributed by atoms with Gasteiger partial charge in [0, 0.05) is 23.2 Å². The zero-order valence-electron chi connectivity index (χ0n) is 12.8. The third kappa shape index (κ3) is 2.72. The molecule has 0 radical (unpaired) electrons. The summed E-state index contributed by atoms with van der Waals surface area (Å²) >= 11 is 0. The van der Waals surface area contributed by atoms with Gasteiger partial charge in [-0.15, -0.1) is 0 Å². The number of nitrogen functional groups attached to an aromatic ring is 1. The van der Waals surface area contributed by atoms with E-state index in [1.807, 2.05) is 24.3 Å². The molecule has 0 saturated carbocycles. The number of nitrogens with zero attached hydrogens (tertiary/aromatic N) is 1. The maximum atomic E-state index is 9.50. The highest BCUT2D eigenvalue weighted by atomic mass is 16.5. The van der Waals surface area contributed by atoms with E-state index in [1.54, 1.807) is 18.2 Å². The Kier molecular flexibility index (Phi) is 3.67. The average Bonchev–Trinajstić information content (AvgIpc) is 2.83. The second-order valence-corrected chi connectivity index (χ2v) is 5.70. The molecule has 0 saturated heterocycles. The summed E-state index contributed by atoms with van der Waals surface area (Å²) in [7, 11) is 0. The molecule has 0 amide bonds. The van der Waals surface area contributed by atoms with E-state index in [9.17, 15) is 5.11 Å². The van der Waals surface area contributed by atoms with Crippen molar-refractivity contribution in [1.29, 1.82) is 0 Å². The van der Waals surface area contributed by atoms with Crippen molar-refractivity contribution in [3.05, 3.63) is 54.2 Å². The quantitative estimate of drug-likeness (QED) is 0.713. The van der Waals surface area contributed by atoms with E-state index in [-0.39, 0.29) is 5.75 Å². The summed E-state index contributed by atoms with van der Waals surface area (Å²) in [6.45, 7) is 4.72. The molecule has 4 heteroatoms. The second-order valence-electron chi connectivity index (χ2n) is 5.70. The molecule has 0 unspecified atom stereocenters. The number of nitrogens with two attached hydrogens (primary N) is 1. The lowest BCUT2D eigenvalue weighted by Gasteiger charge is -2.15. The topological polar surface area (TPSA) is 60.4 Å². The molecule has 114 valence electrons. The number of aromatic nitrogens is 1. The van der Waals surface area contributed by atoms with Gasteiger partial charge in [-0.2, -0.15) is 0 Å². The first-order chi connectivity index (χ1) is 10.5. The number of ether oxygens (including phenoxy) is 1. The van der Waals surface area contributed by atoms with E-state index in [0.29, 0.717) is 18.4 Å². The lowest BCUT2D eigenvalue weighted by atomic mass is 10.2. The van der Waals surface area contributed by atoms with Crippen LogP contribution in [0.1, 0.15) is 25.6 Å². The maximum absolute atomic E-state index is 9.50. The molecule has 3 aromatic rings. The lowest BCUT2D eigenvalue weighted by molar-refractivity contribution is 0.291. The molecule has 4 nitrogen and oxygen atoms in total. The Bertz CT molecular complexity index is 806. The smallest absolute Gasteiger partial charge is 0.128 e. The lowest BCUT2D eigenvalue weighted by Crippen LogP contribution is -2.08. The van der Waals surface area contributed by atoms with E-state index in [0.717, 1.165) is 22.3 Å². The molecule has 0 atom stereocenters. The third-order valence-electron chi connectivity index (χ3n) is 3.67. The molecular formula is C18H20N2O2. The van der Waals surface area contributed by atoms with Crippen molar-refractivity contribution >= 4 is 16.6 Å². The molecule has 1 aromatic heterocycles. The number of anilines is 1. The van der Waals surface area contributed by atoms with Gasteiger partial charge in [0.15, 0.2) is 0 Å². The van der Waals surface area contributed by atoms with Crippen LogP contribution < -0.4 is 10.5 Å². The minimum absolute atomic E-state index is 0.203. The number of phenols is 1. The fraction of sp³-hybridized carbons (Fsp3) is 0.222. The fourth-order valence-electron chi connectivity index (χ4n) is 2.75. The van der Waals surface area contributed by atoms with Gasteiger partial charge in [0.1, 0.15) is 18.1 Å². The zero-order valence-corrected chi connectivity index (χ0v) is 12.8. The molecule has 3 N–H and O–H groups in total. The number of hydrogen-bond acceptors (Lipinski definition) is 3. The second kappa shape index (κ2) is 5.64. The number of hydrogen-bond donors (Lipinski definition) is 2. The Morgan fingerprint density at radius 1 is 1.14 bits per heavy atom. The van der Waals surface area contributed by atoms with Crippen LogP contribution in [0.5, 0.6) is 11.5 Å². The van der Waals surface area contributed by atoms with Crippen LogP contribution in [-0.4, -0.2) is 9.67 Å². The largest absolute Gasteiger partial charge is 0.508 e. The van der Waals surface area contributed by atoms with Gasteiger partial charge in [-0.05, 0) is 44.2 Å². The van der Waals surface area contributed by atoms with Crippen molar-refractivity contribution in [2.45, 2.75) is 26.5 Å². The standard InChI is InChI=1S/C18H20N2O2/c1-12(2)20-15(8-13-6-7-14(19)9-18(13)20)11-22-17-5-3-4-16(21)10-17/h3-10,12,21H,11,19H2,1-2H3. The molecule has 0 aliphatic heterocycles. The predicted octanol–water partition coefficient (Wildman–Crippen LogP) is 4.09. The Balaban J connectivity index is 1.94. The van der Waals surface area contributed by atoms with Crippen LogP contribution in [0.4, 0.5) is 5.69 Å². The summed E-state index contributed by atoms with van der Waals surface area (Å²) < 4.78 is 8.04. The van der Waals surface area contributed by atoms with Crippen LogP contribution in [0.2, 0.25) is 0 Å². The number of benzene rings is 2. The fourth-order valence-corrected chi connectivity index (χ4v) is 2.75. The molecule has 3 rings (SSSR count). The van der Waals surface area contributed by atoms with E-state index < -0.39 is 0 Å².